The molecule has 0 spiro atoms. The molecule has 1 heterocycles. The minimum absolute atomic E-state index is 0.475. The minimum atomic E-state index is -0.574. The highest BCUT2D eigenvalue weighted by molar-refractivity contribution is 5.62. The van der Waals surface area contributed by atoms with E-state index >= 15 is 0 Å². The Balaban J connectivity index is 1.25. The molecule has 0 aromatic heterocycles. The van der Waals surface area contributed by atoms with Gasteiger partial charge in [-0.05, 0) is 41.0 Å². The molecule has 3 aromatic carbocycles. The van der Waals surface area contributed by atoms with Crippen LogP contribution in [-0.2, 0) is 6.61 Å². The lowest BCUT2D eigenvalue weighted by Gasteiger charge is -2.19. The van der Waals surface area contributed by atoms with Gasteiger partial charge in [-0.15, -0.1) is 0 Å². The summed E-state index contributed by atoms with van der Waals surface area (Å²) in [7, 11) is 0. The minimum Gasteiger partial charge on any atom is -0.489 e. The lowest BCUT2D eigenvalue weighted by atomic mass is 10.1. The third kappa shape index (κ3) is 5.25. The van der Waals surface area contributed by atoms with Gasteiger partial charge < -0.3 is 19.9 Å². The van der Waals surface area contributed by atoms with Gasteiger partial charge in [-0.25, -0.2) is 0 Å². The molecule has 1 unspecified atom stereocenters. The first-order valence-corrected chi connectivity index (χ1v) is 9.85. The Morgan fingerprint density at radius 3 is 2.52 bits per heavy atom. The normalized spacial score (nSPS) is 13.8. The molecule has 0 fully saturated rings. The molecule has 4 heteroatoms. The number of benzene rings is 3. The summed E-state index contributed by atoms with van der Waals surface area (Å²) in [5, 5.41) is 13.8. The van der Waals surface area contributed by atoms with Gasteiger partial charge in [0, 0.05) is 18.7 Å². The molecule has 0 amide bonds. The molecule has 148 valence electrons. The first-order valence-electron chi connectivity index (χ1n) is 9.85. The van der Waals surface area contributed by atoms with E-state index in [1.807, 2.05) is 78.9 Å². The number of ether oxygens (including phenoxy) is 2. The highest BCUT2D eigenvalue weighted by Crippen LogP contribution is 2.25. The van der Waals surface area contributed by atoms with E-state index in [4.69, 9.17) is 9.47 Å². The summed E-state index contributed by atoms with van der Waals surface area (Å²) in [5.41, 5.74) is 4.26. The van der Waals surface area contributed by atoms with Gasteiger partial charge in [-0.1, -0.05) is 60.7 Å². The van der Waals surface area contributed by atoms with E-state index in [0.29, 0.717) is 26.3 Å². The van der Waals surface area contributed by atoms with Crippen LogP contribution in [-0.4, -0.2) is 24.8 Å². The first kappa shape index (κ1) is 19.2. The smallest absolute Gasteiger partial charge is 0.127 e. The monoisotopic (exact) mass is 387 g/mol. The van der Waals surface area contributed by atoms with Crippen LogP contribution in [0, 0.1) is 0 Å². The number of rotatable bonds is 8. The van der Waals surface area contributed by atoms with Crippen molar-refractivity contribution < 1.29 is 14.6 Å². The Morgan fingerprint density at radius 1 is 0.931 bits per heavy atom. The lowest BCUT2D eigenvalue weighted by Crippen LogP contribution is -2.26. The average Bonchev–Trinajstić information content (AvgIpc) is 2.78. The van der Waals surface area contributed by atoms with Crippen LogP contribution in [0.5, 0.6) is 11.5 Å². The molecule has 1 aliphatic heterocycles. The molecule has 29 heavy (non-hydrogen) atoms. The molecule has 0 saturated carbocycles. The number of fused-ring (bicyclic) bond motifs is 1. The molecule has 0 saturated heterocycles. The molecular weight excluding hydrogens is 362 g/mol. The molecule has 3 aromatic rings. The van der Waals surface area contributed by atoms with E-state index in [9.17, 15) is 5.11 Å². The van der Waals surface area contributed by atoms with Gasteiger partial charge in [0.05, 0.1) is 6.10 Å². The van der Waals surface area contributed by atoms with Gasteiger partial charge in [-0.2, -0.15) is 0 Å². The van der Waals surface area contributed by atoms with Crippen LogP contribution in [0.25, 0.3) is 6.08 Å². The SMILES string of the molecule is OC(CNCC1=Cc2ccccc2OC1)c1ccc(OCc2ccccc2)cc1. The predicted octanol–water partition coefficient (Wildman–Crippen LogP) is 4.36. The Kier molecular flexibility index (Phi) is 6.25. The van der Waals surface area contributed by atoms with Crippen molar-refractivity contribution in [3.63, 3.8) is 0 Å². The summed E-state index contributed by atoms with van der Waals surface area (Å²) in [5.74, 6) is 1.71. The maximum absolute atomic E-state index is 10.5. The summed E-state index contributed by atoms with van der Waals surface area (Å²) >= 11 is 0. The van der Waals surface area contributed by atoms with Gasteiger partial charge >= 0.3 is 0 Å². The maximum Gasteiger partial charge on any atom is 0.127 e. The molecule has 0 bridgehead atoms. The summed E-state index contributed by atoms with van der Waals surface area (Å²) < 4.78 is 11.6. The molecule has 0 aliphatic carbocycles. The zero-order valence-corrected chi connectivity index (χ0v) is 16.3. The largest absolute Gasteiger partial charge is 0.489 e. The van der Waals surface area contributed by atoms with Gasteiger partial charge in [0.25, 0.3) is 0 Å². The van der Waals surface area contributed by atoms with Crippen molar-refractivity contribution in [2.75, 3.05) is 19.7 Å². The van der Waals surface area contributed by atoms with Crippen LogP contribution < -0.4 is 14.8 Å². The average molecular weight is 387 g/mol. The maximum atomic E-state index is 10.5. The second-order valence-electron chi connectivity index (χ2n) is 7.12. The second-order valence-corrected chi connectivity index (χ2v) is 7.12. The van der Waals surface area contributed by atoms with Gasteiger partial charge in [0.1, 0.15) is 24.7 Å². The van der Waals surface area contributed by atoms with Crippen molar-refractivity contribution in [1.29, 1.82) is 0 Å². The predicted molar refractivity (Wildman–Crippen MR) is 115 cm³/mol. The number of aliphatic hydroxyl groups is 1. The number of nitrogens with one attached hydrogen (secondary N) is 1. The van der Waals surface area contributed by atoms with E-state index in [1.54, 1.807) is 0 Å². The topological polar surface area (TPSA) is 50.7 Å². The summed E-state index contributed by atoms with van der Waals surface area (Å²) in [6, 6.07) is 25.7. The fourth-order valence-corrected chi connectivity index (χ4v) is 3.28. The number of hydrogen-bond acceptors (Lipinski definition) is 4. The molecular formula is C25H25NO3. The highest BCUT2D eigenvalue weighted by atomic mass is 16.5. The molecule has 2 N–H and O–H groups in total. The fourth-order valence-electron chi connectivity index (χ4n) is 3.28. The van der Waals surface area contributed by atoms with Gasteiger partial charge in [-0.3, -0.25) is 0 Å². The molecule has 4 rings (SSSR count). The molecule has 1 aliphatic rings. The van der Waals surface area contributed by atoms with Crippen LogP contribution in [0.1, 0.15) is 22.8 Å². The van der Waals surface area contributed by atoms with Crippen LogP contribution in [0.3, 0.4) is 0 Å². The molecule has 1 atom stereocenters. The van der Waals surface area contributed by atoms with Crippen LogP contribution in [0.15, 0.2) is 84.4 Å². The fraction of sp³-hybridized carbons (Fsp3) is 0.200. The number of aliphatic hydroxyl groups excluding tert-OH is 1. The highest BCUT2D eigenvalue weighted by Gasteiger charge is 2.12. The standard InChI is InChI=1S/C25H25NO3/c27-24(16-26-15-20-14-22-8-4-5-9-25(22)29-18-20)21-10-12-23(13-11-21)28-17-19-6-2-1-3-7-19/h1-14,24,26-27H,15-18H2. The third-order valence-corrected chi connectivity index (χ3v) is 4.89. The van der Waals surface area contributed by atoms with E-state index in [0.717, 1.165) is 28.2 Å². The molecule has 0 radical (unpaired) electrons. The second kappa shape index (κ2) is 9.41. The lowest BCUT2D eigenvalue weighted by molar-refractivity contribution is 0.175. The quantitative estimate of drug-likeness (QED) is 0.603. The Hall–Kier alpha value is -3.08. The van der Waals surface area contributed by atoms with Crippen molar-refractivity contribution in [2.24, 2.45) is 0 Å². The van der Waals surface area contributed by atoms with Crippen LogP contribution in [0.4, 0.5) is 0 Å². The number of para-hydroxylation sites is 1. The van der Waals surface area contributed by atoms with Crippen LogP contribution in [0.2, 0.25) is 0 Å². The van der Waals surface area contributed by atoms with E-state index < -0.39 is 6.10 Å². The van der Waals surface area contributed by atoms with Crippen molar-refractivity contribution in [2.45, 2.75) is 12.7 Å². The van der Waals surface area contributed by atoms with Crippen LogP contribution >= 0.6 is 0 Å². The summed E-state index contributed by atoms with van der Waals surface area (Å²) in [6.45, 7) is 2.27. The Bertz CT molecular complexity index is 951. The summed E-state index contributed by atoms with van der Waals surface area (Å²) in [4.78, 5) is 0. The van der Waals surface area contributed by atoms with Crippen molar-refractivity contribution in [3.05, 3.63) is 101 Å². The van der Waals surface area contributed by atoms with Crippen molar-refractivity contribution in [1.82, 2.24) is 5.32 Å². The number of hydrogen-bond donors (Lipinski definition) is 2. The Labute approximate surface area is 171 Å². The van der Waals surface area contributed by atoms with Crippen molar-refractivity contribution >= 4 is 6.08 Å². The first-order chi connectivity index (χ1) is 14.3. The van der Waals surface area contributed by atoms with E-state index in [1.165, 1.54) is 5.57 Å². The summed E-state index contributed by atoms with van der Waals surface area (Å²) in [6.07, 6.45) is 1.58. The van der Waals surface area contributed by atoms with Crippen molar-refractivity contribution in [3.8, 4) is 11.5 Å². The van der Waals surface area contributed by atoms with E-state index in [-0.39, 0.29) is 0 Å². The third-order valence-electron chi connectivity index (χ3n) is 4.89. The molecule has 4 nitrogen and oxygen atoms in total. The zero-order chi connectivity index (χ0) is 19.9. The van der Waals surface area contributed by atoms with Gasteiger partial charge in [0.15, 0.2) is 0 Å². The van der Waals surface area contributed by atoms with E-state index in [2.05, 4.69) is 11.4 Å². The zero-order valence-electron chi connectivity index (χ0n) is 16.3. The van der Waals surface area contributed by atoms with Gasteiger partial charge in [0.2, 0.25) is 0 Å². The Morgan fingerprint density at radius 2 is 1.69 bits per heavy atom.